The summed E-state index contributed by atoms with van der Waals surface area (Å²) in [4.78, 5) is 0. The van der Waals surface area contributed by atoms with Crippen molar-refractivity contribution in [2.24, 2.45) is 0 Å². The van der Waals surface area contributed by atoms with Crippen LogP contribution in [-0.4, -0.2) is 62.0 Å². The summed E-state index contributed by atoms with van der Waals surface area (Å²) in [7, 11) is 0. The Kier molecular flexibility index (Phi) is 12.6. The van der Waals surface area contributed by atoms with Crippen molar-refractivity contribution in [3.63, 3.8) is 0 Å². The summed E-state index contributed by atoms with van der Waals surface area (Å²) >= 11 is 5.93. The molecule has 0 spiro atoms. The average Bonchev–Trinajstić information content (AvgIpc) is 1.68. The molecule has 0 rings (SSSR count). The number of rotatable bonds is 0. The molecule has 0 aliphatic carbocycles. The van der Waals surface area contributed by atoms with Crippen molar-refractivity contribution in [1.29, 1.82) is 5.26 Å². The Morgan fingerprint density at radius 3 is 2.50 bits per heavy atom. The standard InChI is InChI=1S/C3H4N2S2.K/c1-7-3(6)5-2-4;/h1H3,(H,5,6);. The van der Waals surface area contributed by atoms with Crippen LogP contribution in [0.4, 0.5) is 0 Å². The monoisotopic (exact) mass is 171 g/mol. The van der Waals surface area contributed by atoms with Gasteiger partial charge in [-0.05, 0) is 6.26 Å². The van der Waals surface area contributed by atoms with Crippen molar-refractivity contribution in [2.75, 3.05) is 6.26 Å². The number of hydrogen-bond donors (Lipinski definition) is 1. The van der Waals surface area contributed by atoms with Gasteiger partial charge in [0.05, 0.1) is 0 Å². The second-order valence-corrected chi connectivity index (χ2v) is 2.21. The van der Waals surface area contributed by atoms with Crippen molar-refractivity contribution in [3.8, 4) is 6.19 Å². The van der Waals surface area contributed by atoms with Gasteiger partial charge in [0.2, 0.25) is 0 Å². The van der Waals surface area contributed by atoms with Gasteiger partial charge in [-0.25, -0.2) is 0 Å². The molecule has 5 heteroatoms. The smallest absolute Gasteiger partial charge is 0.182 e. The Bertz CT molecular complexity index is 108. The molecule has 39 valence electrons. The summed E-state index contributed by atoms with van der Waals surface area (Å²) in [6.45, 7) is 0. The van der Waals surface area contributed by atoms with E-state index in [1.54, 1.807) is 6.19 Å². The van der Waals surface area contributed by atoms with Crippen molar-refractivity contribution in [2.45, 2.75) is 0 Å². The summed E-state index contributed by atoms with van der Waals surface area (Å²) in [6.07, 6.45) is 3.52. The summed E-state index contributed by atoms with van der Waals surface area (Å²) < 4.78 is 0.516. The molecule has 0 unspecified atom stereocenters. The topological polar surface area (TPSA) is 35.8 Å². The molecule has 0 amide bonds. The zero-order chi connectivity index (χ0) is 5.70. The molecule has 0 aliphatic rings. The van der Waals surface area contributed by atoms with Gasteiger partial charge in [-0.3, -0.25) is 5.32 Å². The van der Waals surface area contributed by atoms with Crippen LogP contribution >= 0.6 is 24.0 Å². The molecule has 8 heavy (non-hydrogen) atoms. The van der Waals surface area contributed by atoms with Crippen LogP contribution in [0.2, 0.25) is 0 Å². The quantitative estimate of drug-likeness (QED) is 0.246. The first-order valence-electron chi connectivity index (χ1n) is 1.54. The van der Waals surface area contributed by atoms with Gasteiger partial charge >= 0.3 is 0 Å². The van der Waals surface area contributed by atoms with E-state index in [9.17, 15) is 0 Å². The molecule has 0 bridgehead atoms. The van der Waals surface area contributed by atoms with Gasteiger partial charge in [-0.1, -0.05) is 24.0 Å². The maximum atomic E-state index is 7.91. The number of nitrogens with zero attached hydrogens (tertiary/aromatic N) is 1. The molecule has 2 nitrogen and oxygen atoms in total. The minimum Gasteiger partial charge on any atom is -0.278 e. The fourth-order valence-electron chi connectivity index (χ4n) is 0.0967. The first-order valence-corrected chi connectivity index (χ1v) is 3.17. The SMILES string of the molecule is CSC(=S)NC#N.[K]. The Morgan fingerprint density at radius 1 is 1.88 bits per heavy atom. The third-order valence-corrected chi connectivity index (χ3v) is 1.42. The number of hydrogen-bond acceptors (Lipinski definition) is 3. The van der Waals surface area contributed by atoms with E-state index in [-0.39, 0.29) is 51.4 Å². The van der Waals surface area contributed by atoms with E-state index in [1.807, 2.05) is 6.26 Å². The number of nitriles is 1. The zero-order valence-corrected chi connectivity index (χ0v) is 9.52. The Labute approximate surface area is 101 Å². The van der Waals surface area contributed by atoms with Crippen LogP contribution in [0.3, 0.4) is 0 Å². The molecular formula is C3H4KN2S2. The van der Waals surface area contributed by atoms with E-state index in [2.05, 4.69) is 17.5 Å². The number of thioether (sulfide) groups is 1. The second-order valence-electron chi connectivity index (χ2n) is 0.728. The van der Waals surface area contributed by atoms with Crippen LogP contribution in [0.15, 0.2) is 0 Å². The predicted molar refractivity (Wildman–Crippen MR) is 40.6 cm³/mol. The minimum absolute atomic E-state index is 0. The Hall–Kier alpha value is 1.37. The second kappa shape index (κ2) is 8.37. The van der Waals surface area contributed by atoms with E-state index in [1.165, 1.54) is 11.8 Å². The van der Waals surface area contributed by atoms with Crippen LogP contribution in [0, 0.1) is 11.5 Å². The minimum atomic E-state index is 0. The van der Waals surface area contributed by atoms with Crippen molar-refractivity contribution in [3.05, 3.63) is 0 Å². The van der Waals surface area contributed by atoms with E-state index in [0.717, 1.165) is 0 Å². The molecule has 0 aromatic carbocycles. The largest absolute Gasteiger partial charge is 0.278 e. The van der Waals surface area contributed by atoms with E-state index in [0.29, 0.717) is 4.32 Å². The van der Waals surface area contributed by atoms with E-state index >= 15 is 0 Å². The van der Waals surface area contributed by atoms with Gasteiger partial charge in [0.15, 0.2) is 6.19 Å². The van der Waals surface area contributed by atoms with Crippen LogP contribution in [0.25, 0.3) is 0 Å². The molecule has 0 aromatic rings. The van der Waals surface area contributed by atoms with Gasteiger partial charge < -0.3 is 0 Å². The third kappa shape index (κ3) is 7.37. The molecule has 0 heterocycles. The number of thiocarbonyl (C=S) groups is 1. The third-order valence-electron chi connectivity index (χ3n) is 0.343. The first kappa shape index (κ1) is 12.1. The van der Waals surface area contributed by atoms with Gasteiger partial charge in [-0.2, -0.15) is 5.26 Å². The van der Waals surface area contributed by atoms with Crippen molar-refractivity contribution in [1.82, 2.24) is 5.32 Å². The first-order chi connectivity index (χ1) is 3.31. The van der Waals surface area contributed by atoms with Crippen LogP contribution in [0.1, 0.15) is 0 Å². The maximum absolute atomic E-state index is 7.91. The molecular weight excluding hydrogens is 167 g/mol. The summed E-state index contributed by atoms with van der Waals surface area (Å²) in [6, 6.07) is 0. The summed E-state index contributed by atoms with van der Waals surface area (Å²) in [5, 5.41) is 10.2. The summed E-state index contributed by atoms with van der Waals surface area (Å²) in [5.74, 6) is 0. The summed E-state index contributed by atoms with van der Waals surface area (Å²) in [5.41, 5.74) is 0. The van der Waals surface area contributed by atoms with Gasteiger partial charge in [-0.15, -0.1) is 0 Å². The van der Waals surface area contributed by atoms with Crippen LogP contribution in [-0.2, 0) is 0 Å². The molecule has 1 N–H and O–H groups in total. The predicted octanol–water partition coefficient (Wildman–Crippen LogP) is 0.324. The van der Waals surface area contributed by atoms with Gasteiger partial charge in [0, 0.05) is 51.4 Å². The van der Waals surface area contributed by atoms with Gasteiger partial charge in [0.25, 0.3) is 0 Å². The van der Waals surface area contributed by atoms with E-state index < -0.39 is 0 Å². The maximum Gasteiger partial charge on any atom is 0.182 e. The zero-order valence-electron chi connectivity index (χ0n) is 4.76. The Morgan fingerprint density at radius 2 is 2.38 bits per heavy atom. The van der Waals surface area contributed by atoms with Crippen LogP contribution < -0.4 is 5.32 Å². The van der Waals surface area contributed by atoms with E-state index in [4.69, 9.17) is 5.26 Å². The molecule has 0 saturated heterocycles. The fourth-order valence-corrected chi connectivity index (χ4v) is 0.290. The van der Waals surface area contributed by atoms with Crippen LogP contribution in [0.5, 0.6) is 0 Å². The fraction of sp³-hybridized carbons (Fsp3) is 0.333. The average molecular weight is 171 g/mol. The normalized spacial score (nSPS) is 6.00. The molecule has 0 atom stereocenters. The van der Waals surface area contributed by atoms with Crippen molar-refractivity contribution >= 4 is 79.7 Å². The molecule has 0 aromatic heterocycles. The molecule has 0 saturated carbocycles. The number of nitrogens with one attached hydrogen (secondary N) is 1. The van der Waals surface area contributed by atoms with Crippen molar-refractivity contribution < 1.29 is 0 Å². The van der Waals surface area contributed by atoms with Gasteiger partial charge in [0.1, 0.15) is 4.32 Å². The Balaban J connectivity index is 0. The molecule has 1 radical (unpaired) electrons. The molecule has 0 aliphatic heterocycles. The molecule has 0 fully saturated rings.